The van der Waals surface area contributed by atoms with E-state index in [0.29, 0.717) is 39.6 Å². The molecule has 0 fully saturated rings. The first-order chi connectivity index (χ1) is 10.3. The Hall–Kier alpha value is -1.70. The Morgan fingerprint density at radius 2 is 0.905 bits per heavy atom. The van der Waals surface area contributed by atoms with Gasteiger partial charge in [0.25, 0.3) is 0 Å². The molecule has 1 aliphatic heterocycles. The molecule has 0 amide bonds. The molecule has 0 aromatic heterocycles. The number of fused-ring (bicyclic) bond motifs is 1. The van der Waals surface area contributed by atoms with Crippen LogP contribution in [0.2, 0.25) is 0 Å². The second-order valence-electron chi connectivity index (χ2n) is 4.30. The van der Waals surface area contributed by atoms with Crippen molar-refractivity contribution in [3.05, 3.63) is 12.1 Å². The summed E-state index contributed by atoms with van der Waals surface area (Å²) in [7, 11) is 0. The van der Waals surface area contributed by atoms with Crippen LogP contribution in [0.3, 0.4) is 0 Å². The standard InChI is InChI=1S/C14H20O7/c15-11-1-2-12(16)14-13(11)20-9-7-18-5-3-17-4-6-19-8-10-21-14/h1-2,15-16H,3-10H2. The van der Waals surface area contributed by atoms with E-state index >= 15 is 0 Å². The van der Waals surface area contributed by atoms with Gasteiger partial charge in [0.1, 0.15) is 13.2 Å². The van der Waals surface area contributed by atoms with E-state index in [9.17, 15) is 10.2 Å². The number of hydrogen-bond donors (Lipinski definition) is 2. The molecule has 1 heterocycles. The van der Waals surface area contributed by atoms with Gasteiger partial charge in [-0.05, 0) is 12.1 Å². The first kappa shape index (κ1) is 15.7. The number of phenols is 2. The van der Waals surface area contributed by atoms with Gasteiger partial charge < -0.3 is 33.9 Å². The minimum atomic E-state index is -0.101. The van der Waals surface area contributed by atoms with Crippen LogP contribution in [0, 0.1) is 0 Å². The Morgan fingerprint density at radius 1 is 0.571 bits per heavy atom. The molecule has 1 aromatic carbocycles. The third kappa shape index (κ3) is 4.96. The topological polar surface area (TPSA) is 86.6 Å². The van der Waals surface area contributed by atoms with Gasteiger partial charge in [-0.3, -0.25) is 0 Å². The van der Waals surface area contributed by atoms with Crippen molar-refractivity contribution in [1.82, 2.24) is 0 Å². The fourth-order valence-corrected chi connectivity index (χ4v) is 1.77. The van der Waals surface area contributed by atoms with Crippen LogP contribution in [0.15, 0.2) is 12.1 Å². The van der Waals surface area contributed by atoms with Gasteiger partial charge in [-0.15, -0.1) is 0 Å². The van der Waals surface area contributed by atoms with Crippen LogP contribution >= 0.6 is 0 Å². The molecule has 21 heavy (non-hydrogen) atoms. The van der Waals surface area contributed by atoms with Crippen LogP contribution in [-0.2, 0) is 14.2 Å². The van der Waals surface area contributed by atoms with E-state index in [4.69, 9.17) is 23.7 Å². The zero-order chi connectivity index (χ0) is 14.9. The monoisotopic (exact) mass is 300 g/mol. The molecule has 0 saturated heterocycles. The predicted octanol–water partition coefficient (Wildman–Crippen LogP) is 0.919. The molecule has 0 aliphatic carbocycles. The van der Waals surface area contributed by atoms with E-state index in [-0.39, 0.29) is 36.2 Å². The Bertz CT molecular complexity index is 397. The molecule has 0 radical (unpaired) electrons. The van der Waals surface area contributed by atoms with Crippen molar-refractivity contribution in [3.63, 3.8) is 0 Å². The predicted molar refractivity (Wildman–Crippen MR) is 73.2 cm³/mol. The highest BCUT2D eigenvalue weighted by Gasteiger charge is 2.16. The molecule has 0 spiro atoms. The molecule has 7 heteroatoms. The lowest BCUT2D eigenvalue weighted by Crippen LogP contribution is -2.13. The van der Waals surface area contributed by atoms with Crippen LogP contribution < -0.4 is 9.47 Å². The highest BCUT2D eigenvalue weighted by Crippen LogP contribution is 2.43. The van der Waals surface area contributed by atoms with Crippen molar-refractivity contribution in [2.24, 2.45) is 0 Å². The van der Waals surface area contributed by atoms with Crippen LogP contribution in [0.5, 0.6) is 23.0 Å². The summed E-state index contributed by atoms with van der Waals surface area (Å²) >= 11 is 0. The van der Waals surface area contributed by atoms with Crippen molar-refractivity contribution in [1.29, 1.82) is 0 Å². The van der Waals surface area contributed by atoms with Crippen molar-refractivity contribution >= 4 is 0 Å². The summed E-state index contributed by atoms with van der Waals surface area (Å²) in [6.07, 6.45) is 0. The third-order valence-electron chi connectivity index (χ3n) is 2.76. The van der Waals surface area contributed by atoms with E-state index in [1.54, 1.807) is 0 Å². The van der Waals surface area contributed by atoms with Crippen molar-refractivity contribution in [2.75, 3.05) is 52.9 Å². The lowest BCUT2D eigenvalue weighted by Gasteiger charge is -2.15. The number of phenolic OH excluding ortho intramolecular Hbond substituents is 2. The van der Waals surface area contributed by atoms with Crippen molar-refractivity contribution in [2.45, 2.75) is 0 Å². The second kappa shape index (κ2) is 8.56. The first-order valence-corrected chi connectivity index (χ1v) is 6.83. The summed E-state index contributed by atoms with van der Waals surface area (Å²) in [6.45, 7) is 3.03. The summed E-state index contributed by atoms with van der Waals surface area (Å²) in [6, 6.07) is 2.69. The van der Waals surface area contributed by atoms with Gasteiger partial charge in [-0.2, -0.15) is 0 Å². The minimum Gasteiger partial charge on any atom is -0.504 e. The number of benzene rings is 1. The van der Waals surface area contributed by atoms with Crippen molar-refractivity contribution in [3.8, 4) is 23.0 Å². The highest BCUT2D eigenvalue weighted by atomic mass is 16.6. The van der Waals surface area contributed by atoms with E-state index < -0.39 is 0 Å². The van der Waals surface area contributed by atoms with Gasteiger partial charge >= 0.3 is 0 Å². The maximum Gasteiger partial charge on any atom is 0.207 e. The smallest absolute Gasteiger partial charge is 0.207 e. The summed E-state index contributed by atoms with van der Waals surface area (Å²) in [4.78, 5) is 0. The fourth-order valence-electron chi connectivity index (χ4n) is 1.77. The number of aromatic hydroxyl groups is 2. The fraction of sp³-hybridized carbons (Fsp3) is 0.571. The van der Waals surface area contributed by atoms with Crippen LogP contribution in [0.4, 0.5) is 0 Å². The SMILES string of the molecule is Oc1ccc(O)c2c1OCCOCCOCCOCCO2. The van der Waals surface area contributed by atoms with E-state index in [1.807, 2.05) is 0 Å². The molecule has 7 nitrogen and oxygen atoms in total. The average Bonchev–Trinajstić information content (AvgIpc) is 2.49. The molecule has 2 rings (SSSR count). The number of ether oxygens (including phenoxy) is 5. The van der Waals surface area contributed by atoms with Crippen LogP contribution in [0.25, 0.3) is 0 Å². The van der Waals surface area contributed by atoms with Gasteiger partial charge in [-0.25, -0.2) is 0 Å². The van der Waals surface area contributed by atoms with Gasteiger partial charge in [0, 0.05) is 0 Å². The normalized spacial score (nSPS) is 18.5. The van der Waals surface area contributed by atoms with Gasteiger partial charge in [0.05, 0.1) is 39.6 Å². The largest absolute Gasteiger partial charge is 0.504 e. The first-order valence-electron chi connectivity index (χ1n) is 6.83. The Kier molecular flexibility index (Phi) is 6.39. The quantitative estimate of drug-likeness (QED) is 0.689. The molecule has 2 N–H and O–H groups in total. The number of rotatable bonds is 0. The van der Waals surface area contributed by atoms with Gasteiger partial charge in [-0.1, -0.05) is 0 Å². The molecule has 0 saturated carbocycles. The highest BCUT2D eigenvalue weighted by molar-refractivity contribution is 5.57. The van der Waals surface area contributed by atoms with E-state index in [2.05, 4.69) is 0 Å². The van der Waals surface area contributed by atoms with E-state index in [0.717, 1.165) is 0 Å². The molecule has 1 aromatic rings. The Morgan fingerprint density at radius 3 is 1.29 bits per heavy atom. The number of hydrogen-bond acceptors (Lipinski definition) is 7. The third-order valence-corrected chi connectivity index (χ3v) is 2.76. The lowest BCUT2D eigenvalue weighted by atomic mass is 10.2. The summed E-state index contributed by atoms with van der Waals surface area (Å²) < 4.78 is 26.8. The molecular weight excluding hydrogens is 280 g/mol. The van der Waals surface area contributed by atoms with Gasteiger partial charge in [0.2, 0.25) is 11.5 Å². The molecule has 0 bridgehead atoms. The maximum absolute atomic E-state index is 9.82. The Balaban J connectivity index is 2.04. The maximum atomic E-state index is 9.82. The minimum absolute atomic E-state index is 0.101. The zero-order valence-electron chi connectivity index (χ0n) is 11.7. The molecule has 118 valence electrons. The average molecular weight is 300 g/mol. The van der Waals surface area contributed by atoms with Crippen LogP contribution in [-0.4, -0.2) is 63.1 Å². The zero-order valence-corrected chi connectivity index (χ0v) is 11.7. The summed E-state index contributed by atoms with van der Waals surface area (Å²) in [5, 5.41) is 19.6. The van der Waals surface area contributed by atoms with Gasteiger partial charge in [0.15, 0.2) is 11.5 Å². The molecule has 1 aliphatic rings. The Labute approximate surface area is 123 Å². The summed E-state index contributed by atoms with van der Waals surface area (Å²) in [5.41, 5.74) is 0. The van der Waals surface area contributed by atoms with E-state index in [1.165, 1.54) is 12.1 Å². The summed E-state index contributed by atoms with van der Waals surface area (Å²) in [5.74, 6) is 0.00202. The van der Waals surface area contributed by atoms with Crippen molar-refractivity contribution < 1.29 is 33.9 Å². The van der Waals surface area contributed by atoms with Crippen LogP contribution in [0.1, 0.15) is 0 Å². The second-order valence-corrected chi connectivity index (χ2v) is 4.30. The molecule has 0 atom stereocenters. The molecular formula is C14H20O7. The molecule has 0 unspecified atom stereocenters. The lowest BCUT2D eigenvalue weighted by molar-refractivity contribution is 0.00699.